The maximum Gasteiger partial charge on any atom is 0.123 e. The lowest BCUT2D eigenvalue weighted by atomic mass is 10.1. The van der Waals surface area contributed by atoms with Crippen molar-refractivity contribution in [2.75, 3.05) is 13.1 Å². The van der Waals surface area contributed by atoms with Gasteiger partial charge in [0, 0.05) is 6.54 Å². The van der Waals surface area contributed by atoms with Crippen LogP contribution in [0.4, 0.5) is 0 Å². The second-order valence-electron chi connectivity index (χ2n) is 4.47. The number of ether oxygens (including phenoxy) is 1. The number of hydrogen-bond donors (Lipinski definition) is 1. The van der Waals surface area contributed by atoms with Gasteiger partial charge in [-0.25, -0.2) is 0 Å². The first-order chi connectivity index (χ1) is 8.04. The molecule has 1 aromatic rings. The standard InChI is InChI=1S/C15H21NO/c1-6-7-16-10-13(4)17-15-9-11(2)8-12(3)14(15)5/h1,8-9,13,16H,7,10H2,2-5H3. The van der Waals surface area contributed by atoms with Crippen LogP contribution in [0.1, 0.15) is 23.6 Å². The van der Waals surface area contributed by atoms with Crippen LogP contribution in [0.15, 0.2) is 12.1 Å². The smallest absolute Gasteiger partial charge is 0.123 e. The summed E-state index contributed by atoms with van der Waals surface area (Å²) in [6, 6.07) is 4.25. The molecule has 2 nitrogen and oxygen atoms in total. The lowest BCUT2D eigenvalue weighted by Gasteiger charge is -2.18. The molecule has 0 saturated carbocycles. The van der Waals surface area contributed by atoms with Crippen LogP contribution in [-0.2, 0) is 0 Å². The van der Waals surface area contributed by atoms with Crippen molar-refractivity contribution in [2.24, 2.45) is 0 Å². The van der Waals surface area contributed by atoms with Gasteiger partial charge in [-0.2, -0.15) is 0 Å². The molecule has 1 N–H and O–H groups in total. The minimum atomic E-state index is 0.114. The molecule has 0 aliphatic carbocycles. The van der Waals surface area contributed by atoms with Crippen molar-refractivity contribution >= 4 is 0 Å². The van der Waals surface area contributed by atoms with Gasteiger partial charge in [0.25, 0.3) is 0 Å². The van der Waals surface area contributed by atoms with Gasteiger partial charge in [0.15, 0.2) is 0 Å². The molecule has 17 heavy (non-hydrogen) atoms. The van der Waals surface area contributed by atoms with Gasteiger partial charge in [0.2, 0.25) is 0 Å². The highest BCUT2D eigenvalue weighted by Gasteiger charge is 2.08. The Morgan fingerprint density at radius 2 is 2.06 bits per heavy atom. The van der Waals surface area contributed by atoms with Crippen LogP contribution in [0.5, 0.6) is 5.75 Å². The van der Waals surface area contributed by atoms with Crippen LogP contribution in [0, 0.1) is 33.1 Å². The van der Waals surface area contributed by atoms with Gasteiger partial charge >= 0.3 is 0 Å². The Kier molecular flexibility index (Phi) is 5.06. The van der Waals surface area contributed by atoms with E-state index >= 15 is 0 Å². The summed E-state index contributed by atoms with van der Waals surface area (Å²) in [7, 11) is 0. The second-order valence-corrected chi connectivity index (χ2v) is 4.47. The van der Waals surface area contributed by atoms with E-state index in [0.717, 1.165) is 12.3 Å². The Morgan fingerprint density at radius 1 is 1.35 bits per heavy atom. The van der Waals surface area contributed by atoms with E-state index in [0.29, 0.717) is 6.54 Å². The third-order valence-electron chi connectivity index (χ3n) is 2.75. The highest BCUT2D eigenvalue weighted by atomic mass is 16.5. The lowest BCUT2D eigenvalue weighted by Crippen LogP contribution is -2.29. The molecule has 0 aliphatic heterocycles. The highest BCUT2D eigenvalue weighted by Crippen LogP contribution is 2.24. The molecule has 1 unspecified atom stereocenters. The fraction of sp³-hybridized carbons (Fsp3) is 0.467. The van der Waals surface area contributed by atoms with Crippen molar-refractivity contribution in [3.05, 3.63) is 28.8 Å². The zero-order valence-electron chi connectivity index (χ0n) is 11.1. The minimum absolute atomic E-state index is 0.114. The van der Waals surface area contributed by atoms with Crippen molar-refractivity contribution in [1.82, 2.24) is 5.32 Å². The van der Waals surface area contributed by atoms with E-state index in [4.69, 9.17) is 11.2 Å². The van der Waals surface area contributed by atoms with E-state index in [1.807, 2.05) is 6.92 Å². The minimum Gasteiger partial charge on any atom is -0.489 e. The van der Waals surface area contributed by atoms with Gasteiger partial charge in [0.05, 0.1) is 6.54 Å². The highest BCUT2D eigenvalue weighted by molar-refractivity contribution is 5.42. The molecule has 0 amide bonds. The molecule has 1 aromatic carbocycles. The Morgan fingerprint density at radius 3 is 2.71 bits per heavy atom. The predicted octanol–water partition coefficient (Wildman–Crippen LogP) is 2.60. The first-order valence-corrected chi connectivity index (χ1v) is 5.93. The van der Waals surface area contributed by atoms with Crippen LogP contribution in [0.3, 0.4) is 0 Å². The Balaban J connectivity index is 2.65. The maximum absolute atomic E-state index is 5.92. The average Bonchev–Trinajstić information content (AvgIpc) is 2.25. The molecule has 0 heterocycles. The lowest BCUT2D eigenvalue weighted by molar-refractivity contribution is 0.217. The zero-order valence-corrected chi connectivity index (χ0v) is 11.1. The molecule has 92 valence electrons. The van der Waals surface area contributed by atoms with Gasteiger partial charge in [-0.3, -0.25) is 0 Å². The first-order valence-electron chi connectivity index (χ1n) is 5.93. The zero-order chi connectivity index (χ0) is 12.8. The number of hydrogen-bond acceptors (Lipinski definition) is 2. The fourth-order valence-corrected chi connectivity index (χ4v) is 1.73. The average molecular weight is 231 g/mol. The molecule has 0 radical (unpaired) electrons. The van der Waals surface area contributed by atoms with Crippen LogP contribution in [0.25, 0.3) is 0 Å². The summed E-state index contributed by atoms with van der Waals surface area (Å²) in [6.07, 6.45) is 5.29. The van der Waals surface area contributed by atoms with E-state index in [2.05, 4.69) is 44.1 Å². The van der Waals surface area contributed by atoms with Crippen molar-refractivity contribution in [2.45, 2.75) is 33.8 Å². The molecule has 2 heteroatoms. The summed E-state index contributed by atoms with van der Waals surface area (Å²) < 4.78 is 5.92. The molecule has 0 bridgehead atoms. The van der Waals surface area contributed by atoms with Crippen LogP contribution >= 0.6 is 0 Å². The number of nitrogens with one attached hydrogen (secondary N) is 1. The number of benzene rings is 1. The van der Waals surface area contributed by atoms with Gasteiger partial charge in [-0.1, -0.05) is 12.0 Å². The Hall–Kier alpha value is -1.46. The largest absolute Gasteiger partial charge is 0.489 e. The summed E-state index contributed by atoms with van der Waals surface area (Å²) >= 11 is 0. The predicted molar refractivity (Wildman–Crippen MR) is 72.4 cm³/mol. The van der Waals surface area contributed by atoms with Crippen LogP contribution in [0.2, 0.25) is 0 Å². The van der Waals surface area contributed by atoms with Crippen molar-refractivity contribution in [3.8, 4) is 18.1 Å². The molecular weight excluding hydrogens is 210 g/mol. The Labute approximate surface area is 104 Å². The summed E-state index contributed by atoms with van der Waals surface area (Å²) in [4.78, 5) is 0. The van der Waals surface area contributed by atoms with E-state index in [1.54, 1.807) is 0 Å². The van der Waals surface area contributed by atoms with E-state index in [9.17, 15) is 0 Å². The molecule has 0 spiro atoms. The van der Waals surface area contributed by atoms with Gasteiger partial charge in [0.1, 0.15) is 11.9 Å². The summed E-state index contributed by atoms with van der Waals surface area (Å²) in [6.45, 7) is 9.67. The molecule has 0 saturated heterocycles. The number of aryl methyl sites for hydroxylation is 2. The maximum atomic E-state index is 5.92. The van der Waals surface area contributed by atoms with E-state index in [1.165, 1.54) is 16.7 Å². The van der Waals surface area contributed by atoms with Crippen LogP contribution in [-0.4, -0.2) is 19.2 Å². The quantitative estimate of drug-likeness (QED) is 0.621. The first kappa shape index (κ1) is 13.6. The van der Waals surface area contributed by atoms with Gasteiger partial charge < -0.3 is 10.1 Å². The van der Waals surface area contributed by atoms with E-state index in [-0.39, 0.29) is 6.10 Å². The summed E-state index contributed by atoms with van der Waals surface area (Å²) in [5.41, 5.74) is 3.70. The molecular formula is C15H21NO. The normalized spacial score (nSPS) is 11.9. The molecule has 0 fully saturated rings. The summed E-state index contributed by atoms with van der Waals surface area (Å²) in [5, 5.41) is 3.14. The van der Waals surface area contributed by atoms with Crippen molar-refractivity contribution < 1.29 is 4.74 Å². The molecule has 0 aliphatic rings. The van der Waals surface area contributed by atoms with Crippen molar-refractivity contribution in [1.29, 1.82) is 0 Å². The van der Waals surface area contributed by atoms with Crippen molar-refractivity contribution in [3.63, 3.8) is 0 Å². The van der Waals surface area contributed by atoms with Gasteiger partial charge in [-0.05, 0) is 50.5 Å². The molecule has 1 atom stereocenters. The SMILES string of the molecule is C#CCNCC(C)Oc1cc(C)cc(C)c1C. The third kappa shape index (κ3) is 4.13. The monoisotopic (exact) mass is 231 g/mol. The van der Waals surface area contributed by atoms with Crippen LogP contribution < -0.4 is 10.1 Å². The topological polar surface area (TPSA) is 21.3 Å². The van der Waals surface area contributed by atoms with Gasteiger partial charge in [-0.15, -0.1) is 6.42 Å². The second kappa shape index (κ2) is 6.32. The Bertz CT molecular complexity index is 418. The molecule has 0 aromatic heterocycles. The fourth-order valence-electron chi connectivity index (χ4n) is 1.73. The molecule has 1 rings (SSSR count). The van der Waals surface area contributed by atoms with E-state index < -0.39 is 0 Å². The number of terminal acetylenes is 1. The number of rotatable bonds is 5. The summed E-state index contributed by atoms with van der Waals surface area (Å²) in [5.74, 6) is 3.52. The third-order valence-corrected chi connectivity index (χ3v) is 2.75.